The monoisotopic (exact) mass is 292 g/mol. The molecule has 1 heterocycles. The lowest BCUT2D eigenvalue weighted by molar-refractivity contribution is 0.0543. The van der Waals surface area contributed by atoms with Crippen LogP contribution in [0.4, 0.5) is 5.82 Å². The summed E-state index contributed by atoms with van der Waals surface area (Å²) >= 11 is 12.0. The van der Waals surface area contributed by atoms with Gasteiger partial charge in [0.05, 0.1) is 17.7 Å². The summed E-state index contributed by atoms with van der Waals surface area (Å²) in [6.07, 6.45) is 0.180. The molecule has 0 unspecified atom stereocenters. The molecule has 18 heavy (non-hydrogen) atoms. The lowest BCUT2D eigenvalue weighted by Gasteiger charge is -2.12. The summed E-state index contributed by atoms with van der Waals surface area (Å²) in [4.78, 5) is 4.23. The van der Waals surface area contributed by atoms with E-state index in [0.717, 1.165) is 6.54 Å². The minimum atomic E-state index is 0.180. The van der Waals surface area contributed by atoms with Gasteiger partial charge >= 0.3 is 0 Å². The van der Waals surface area contributed by atoms with Gasteiger partial charge in [-0.25, -0.2) is 0 Å². The van der Waals surface area contributed by atoms with E-state index in [0.29, 0.717) is 35.0 Å². The fraction of sp³-hybridized carbons (Fsp3) is 0.583. The Labute approximate surface area is 118 Å². The number of rotatable bonds is 7. The molecule has 0 bridgehead atoms. The molecule has 0 aliphatic carbocycles. The molecule has 0 atom stereocenters. The van der Waals surface area contributed by atoms with Crippen molar-refractivity contribution in [3.63, 3.8) is 0 Å². The molecule has 6 heteroatoms. The fourth-order valence-corrected chi connectivity index (χ4v) is 1.74. The van der Waals surface area contributed by atoms with Crippen LogP contribution in [-0.4, -0.2) is 30.8 Å². The van der Waals surface area contributed by atoms with E-state index in [9.17, 15) is 0 Å². The van der Waals surface area contributed by atoms with E-state index in [4.69, 9.17) is 32.7 Å². The minimum absolute atomic E-state index is 0.180. The molecule has 0 aliphatic heterocycles. The van der Waals surface area contributed by atoms with Crippen molar-refractivity contribution in [2.24, 2.45) is 0 Å². The van der Waals surface area contributed by atoms with Crippen LogP contribution in [0.3, 0.4) is 0 Å². The van der Waals surface area contributed by atoms with Crippen molar-refractivity contribution in [3.05, 3.63) is 16.1 Å². The molecule has 0 spiro atoms. The second-order valence-electron chi connectivity index (χ2n) is 3.90. The Balaban J connectivity index is 2.61. The number of halogens is 2. The summed E-state index contributed by atoms with van der Waals surface area (Å²) in [6, 6.07) is 1.62. The van der Waals surface area contributed by atoms with Gasteiger partial charge in [-0.3, -0.25) is 0 Å². The fourth-order valence-electron chi connectivity index (χ4n) is 1.26. The maximum atomic E-state index is 6.00. The molecule has 0 radical (unpaired) electrons. The third kappa shape index (κ3) is 4.88. The number of aromatic nitrogens is 1. The number of ether oxygens (including phenoxy) is 2. The maximum Gasteiger partial charge on any atom is 0.234 e. The van der Waals surface area contributed by atoms with Crippen LogP contribution in [0.2, 0.25) is 10.0 Å². The van der Waals surface area contributed by atoms with Crippen LogP contribution in [0, 0.1) is 0 Å². The Morgan fingerprint density at radius 1 is 1.28 bits per heavy atom. The lowest BCUT2D eigenvalue weighted by Crippen LogP contribution is -2.12. The van der Waals surface area contributed by atoms with Gasteiger partial charge in [0.15, 0.2) is 0 Å². The van der Waals surface area contributed by atoms with Gasteiger partial charge in [0.2, 0.25) is 5.88 Å². The first-order valence-electron chi connectivity index (χ1n) is 5.89. The number of hydrogen-bond donors (Lipinski definition) is 1. The minimum Gasteiger partial charge on any atom is -0.474 e. The van der Waals surface area contributed by atoms with Gasteiger partial charge in [-0.2, -0.15) is 4.98 Å². The predicted octanol–water partition coefficient (Wildman–Crippen LogP) is 3.62. The molecule has 4 nitrogen and oxygen atoms in total. The first-order valence-corrected chi connectivity index (χ1v) is 6.64. The zero-order valence-electron chi connectivity index (χ0n) is 10.8. The molecule has 0 saturated carbocycles. The highest BCUT2D eigenvalue weighted by Gasteiger charge is 2.10. The molecular formula is C12H18Cl2N2O2. The maximum absolute atomic E-state index is 6.00. The Bertz CT molecular complexity index is 387. The molecule has 1 aromatic rings. The van der Waals surface area contributed by atoms with Gasteiger partial charge in [0.1, 0.15) is 17.4 Å². The molecule has 0 aromatic carbocycles. The second kappa shape index (κ2) is 7.67. The van der Waals surface area contributed by atoms with E-state index < -0.39 is 0 Å². The van der Waals surface area contributed by atoms with E-state index in [1.807, 2.05) is 20.8 Å². The molecule has 1 N–H and O–H groups in total. The van der Waals surface area contributed by atoms with E-state index in [1.54, 1.807) is 6.07 Å². The van der Waals surface area contributed by atoms with Crippen LogP contribution in [0.5, 0.6) is 5.88 Å². The molecule has 1 aromatic heterocycles. The highest BCUT2D eigenvalue weighted by Crippen LogP contribution is 2.30. The standard InChI is InChI=1S/C12H18Cl2N2O2/c1-4-15-11-9(13)7-10(14)12(16-11)18-6-5-17-8(2)3/h7-8H,4-6H2,1-3H3,(H,15,16). The van der Waals surface area contributed by atoms with Crippen molar-refractivity contribution in [1.29, 1.82) is 0 Å². The molecule has 0 saturated heterocycles. The zero-order valence-corrected chi connectivity index (χ0v) is 12.3. The summed E-state index contributed by atoms with van der Waals surface area (Å²) in [7, 11) is 0. The van der Waals surface area contributed by atoms with E-state index >= 15 is 0 Å². The Hall–Kier alpha value is -0.710. The Kier molecular flexibility index (Phi) is 6.54. The van der Waals surface area contributed by atoms with Crippen LogP contribution in [-0.2, 0) is 4.74 Å². The van der Waals surface area contributed by atoms with Crippen molar-refractivity contribution in [2.45, 2.75) is 26.9 Å². The molecule has 0 fully saturated rings. The third-order valence-electron chi connectivity index (χ3n) is 2.01. The van der Waals surface area contributed by atoms with Gasteiger partial charge in [0, 0.05) is 6.54 Å². The number of anilines is 1. The SMILES string of the molecule is CCNc1nc(OCCOC(C)C)c(Cl)cc1Cl. The van der Waals surface area contributed by atoms with Gasteiger partial charge in [-0.05, 0) is 26.8 Å². The number of nitrogens with zero attached hydrogens (tertiary/aromatic N) is 1. The smallest absolute Gasteiger partial charge is 0.234 e. The van der Waals surface area contributed by atoms with Crippen LogP contribution in [0.15, 0.2) is 6.07 Å². The largest absolute Gasteiger partial charge is 0.474 e. The average molecular weight is 293 g/mol. The van der Waals surface area contributed by atoms with Crippen molar-refractivity contribution in [2.75, 3.05) is 25.1 Å². The number of nitrogens with one attached hydrogen (secondary N) is 1. The van der Waals surface area contributed by atoms with Crippen LogP contribution in [0.1, 0.15) is 20.8 Å². The molecule has 1 rings (SSSR count). The topological polar surface area (TPSA) is 43.4 Å². The average Bonchev–Trinajstić information content (AvgIpc) is 2.29. The molecule has 102 valence electrons. The van der Waals surface area contributed by atoms with Gasteiger partial charge in [0.25, 0.3) is 0 Å². The first kappa shape index (κ1) is 15.3. The highest BCUT2D eigenvalue weighted by molar-refractivity contribution is 6.36. The van der Waals surface area contributed by atoms with Crippen LogP contribution in [0.25, 0.3) is 0 Å². The van der Waals surface area contributed by atoms with Crippen LogP contribution >= 0.6 is 23.2 Å². The van der Waals surface area contributed by atoms with Crippen molar-refractivity contribution in [1.82, 2.24) is 4.98 Å². The van der Waals surface area contributed by atoms with Crippen molar-refractivity contribution < 1.29 is 9.47 Å². The Morgan fingerprint density at radius 3 is 2.61 bits per heavy atom. The highest BCUT2D eigenvalue weighted by atomic mass is 35.5. The number of pyridine rings is 1. The summed E-state index contributed by atoms with van der Waals surface area (Å²) in [5.74, 6) is 0.938. The summed E-state index contributed by atoms with van der Waals surface area (Å²) in [5, 5.41) is 3.91. The third-order valence-corrected chi connectivity index (χ3v) is 2.57. The van der Waals surface area contributed by atoms with E-state index in [2.05, 4.69) is 10.3 Å². The first-order chi connectivity index (χ1) is 8.54. The molecule has 0 amide bonds. The van der Waals surface area contributed by atoms with Crippen molar-refractivity contribution >= 4 is 29.0 Å². The van der Waals surface area contributed by atoms with E-state index in [-0.39, 0.29) is 6.10 Å². The van der Waals surface area contributed by atoms with Gasteiger partial charge < -0.3 is 14.8 Å². The quantitative estimate of drug-likeness (QED) is 0.780. The number of hydrogen-bond acceptors (Lipinski definition) is 4. The predicted molar refractivity (Wildman–Crippen MR) is 75.0 cm³/mol. The van der Waals surface area contributed by atoms with Crippen molar-refractivity contribution in [3.8, 4) is 5.88 Å². The van der Waals surface area contributed by atoms with Crippen LogP contribution < -0.4 is 10.1 Å². The summed E-state index contributed by atoms with van der Waals surface area (Å²) in [5.41, 5.74) is 0. The summed E-state index contributed by atoms with van der Waals surface area (Å²) in [6.45, 7) is 7.52. The lowest BCUT2D eigenvalue weighted by atomic mass is 10.4. The zero-order chi connectivity index (χ0) is 13.5. The normalized spacial score (nSPS) is 10.8. The summed E-state index contributed by atoms with van der Waals surface area (Å²) < 4.78 is 10.8. The Morgan fingerprint density at radius 2 is 2.00 bits per heavy atom. The molecular weight excluding hydrogens is 275 g/mol. The second-order valence-corrected chi connectivity index (χ2v) is 4.72. The molecule has 0 aliphatic rings. The van der Waals surface area contributed by atoms with Gasteiger partial charge in [-0.1, -0.05) is 23.2 Å². The van der Waals surface area contributed by atoms with E-state index in [1.165, 1.54) is 0 Å². The van der Waals surface area contributed by atoms with Gasteiger partial charge in [-0.15, -0.1) is 0 Å².